The van der Waals surface area contributed by atoms with Gasteiger partial charge in [0.05, 0.1) is 19.9 Å². The maximum atomic E-state index is 13.4. The summed E-state index contributed by atoms with van der Waals surface area (Å²) in [7, 11) is 0. The van der Waals surface area contributed by atoms with E-state index in [1.807, 2.05) is 0 Å². The molecular formula is C23H18Cl2FN3O5. The van der Waals surface area contributed by atoms with Crippen LogP contribution in [0.15, 0.2) is 60.7 Å². The Morgan fingerprint density at radius 2 is 1.47 bits per heavy atom. The van der Waals surface area contributed by atoms with Crippen molar-refractivity contribution in [3.05, 3.63) is 113 Å². The number of non-ortho nitro benzene ring substituents is 2. The second-order valence-corrected chi connectivity index (χ2v) is 8.47. The van der Waals surface area contributed by atoms with Crippen molar-refractivity contribution >= 4 is 40.4 Å². The number of Topliss-reactive ketones (excluding diaryl/α,β-unsaturated/α-hetero) is 1. The largest absolute Gasteiger partial charge is 0.315 e. The summed E-state index contributed by atoms with van der Waals surface area (Å²) >= 11 is 12.4. The first-order valence-corrected chi connectivity index (χ1v) is 10.7. The molecule has 3 aromatic rings. The van der Waals surface area contributed by atoms with Crippen LogP contribution in [0.3, 0.4) is 0 Å². The van der Waals surface area contributed by atoms with E-state index in [4.69, 9.17) is 28.9 Å². The highest BCUT2D eigenvalue weighted by atomic mass is 35.5. The molecule has 0 fully saturated rings. The molecule has 0 amide bonds. The molecule has 0 heterocycles. The molecule has 1 unspecified atom stereocenters. The summed E-state index contributed by atoms with van der Waals surface area (Å²) in [6.07, 6.45) is 0.00279. The molecule has 8 nitrogen and oxygen atoms in total. The number of hydrogen-bond donors (Lipinski definition) is 1. The zero-order valence-electron chi connectivity index (χ0n) is 17.5. The first kappa shape index (κ1) is 25.2. The van der Waals surface area contributed by atoms with E-state index in [-0.39, 0.29) is 46.2 Å². The smallest absolute Gasteiger partial charge is 0.270 e. The van der Waals surface area contributed by atoms with E-state index in [9.17, 15) is 29.4 Å². The van der Waals surface area contributed by atoms with Gasteiger partial charge in [-0.2, -0.15) is 0 Å². The van der Waals surface area contributed by atoms with Crippen LogP contribution in [0.25, 0.3) is 0 Å². The van der Waals surface area contributed by atoms with Crippen LogP contribution in [0.1, 0.15) is 23.1 Å². The number of rotatable bonds is 9. The van der Waals surface area contributed by atoms with Crippen LogP contribution < -0.4 is 5.73 Å². The fourth-order valence-corrected chi connectivity index (χ4v) is 4.18. The molecule has 0 aliphatic rings. The molecule has 0 bridgehead atoms. The summed E-state index contributed by atoms with van der Waals surface area (Å²) in [4.78, 5) is 34.2. The number of carbonyl (C=O) groups is 1. The molecule has 0 spiro atoms. The highest BCUT2D eigenvalue weighted by Gasteiger charge is 2.38. The average molecular weight is 506 g/mol. The predicted molar refractivity (Wildman–Crippen MR) is 126 cm³/mol. The van der Waals surface area contributed by atoms with Gasteiger partial charge < -0.3 is 5.73 Å². The minimum absolute atomic E-state index is 0.0440. The molecule has 176 valence electrons. The van der Waals surface area contributed by atoms with Crippen molar-refractivity contribution < 1.29 is 19.0 Å². The SMILES string of the molecule is NC(Cc1ccc(F)cc1)(C(=O)CCc1ccc([N+](=O)[O-])cc1Cl)c1ccc([N+](=O)[O-])cc1Cl. The Morgan fingerprint density at radius 1 is 0.912 bits per heavy atom. The molecule has 3 rings (SSSR count). The molecule has 1 atom stereocenters. The maximum Gasteiger partial charge on any atom is 0.270 e. The number of halogens is 3. The Bertz CT molecular complexity index is 1270. The quantitative estimate of drug-likeness (QED) is 0.299. The van der Waals surface area contributed by atoms with Crippen molar-refractivity contribution in [2.24, 2.45) is 5.73 Å². The van der Waals surface area contributed by atoms with Crippen molar-refractivity contribution in [3.8, 4) is 0 Å². The van der Waals surface area contributed by atoms with Crippen LogP contribution in [-0.4, -0.2) is 15.6 Å². The molecule has 34 heavy (non-hydrogen) atoms. The molecule has 0 saturated heterocycles. The van der Waals surface area contributed by atoms with E-state index in [2.05, 4.69) is 0 Å². The lowest BCUT2D eigenvalue weighted by Crippen LogP contribution is -2.47. The second-order valence-electron chi connectivity index (χ2n) is 7.65. The number of aryl methyl sites for hydroxylation is 1. The van der Waals surface area contributed by atoms with Gasteiger partial charge in [-0.1, -0.05) is 41.4 Å². The molecular weight excluding hydrogens is 488 g/mol. The first-order valence-electron chi connectivity index (χ1n) is 9.95. The average Bonchev–Trinajstić information content (AvgIpc) is 2.79. The molecule has 3 aromatic carbocycles. The van der Waals surface area contributed by atoms with E-state index < -0.39 is 27.0 Å². The molecule has 0 saturated carbocycles. The lowest BCUT2D eigenvalue weighted by molar-refractivity contribution is -0.385. The normalized spacial score (nSPS) is 12.7. The first-order chi connectivity index (χ1) is 16.0. The predicted octanol–water partition coefficient (Wildman–Crippen LogP) is 5.55. The van der Waals surface area contributed by atoms with Gasteiger partial charge in [0, 0.05) is 37.1 Å². The number of nitro benzene ring substituents is 2. The van der Waals surface area contributed by atoms with Gasteiger partial charge in [-0.3, -0.25) is 25.0 Å². The maximum absolute atomic E-state index is 13.4. The van der Waals surface area contributed by atoms with Crippen LogP contribution in [0, 0.1) is 26.0 Å². The number of nitrogens with two attached hydrogens (primary N) is 1. The summed E-state index contributed by atoms with van der Waals surface area (Å²) in [6, 6.07) is 13.0. The fraction of sp³-hybridized carbons (Fsp3) is 0.174. The topological polar surface area (TPSA) is 129 Å². The summed E-state index contributed by atoms with van der Waals surface area (Å²) in [5, 5.41) is 22.1. The molecule has 2 N–H and O–H groups in total. The standard InChI is InChI=1S/C23H18Cl2FN3O5/c24-20-11-17(28(31)32)7-3-15(20)4-10-22(30)23(27,13-14-1-5-16(26)6-2-14)19-9-8-18(29(33)34)12-21(19)25/h1-3,5-9,11-12H,4,10,13,27H2. The molecule has 0 aliphatic heterocycles. The number of nitro groups is 2. The third kappa shape index (κ3) is 5.56. The number of ketones is 1. The Balaban J connectivity index is 1.94. The van der Waals surface area contributed by atoms with E-state index in [0.29, 0.717) is 11.1 Å². The van der Waals surface area contributed by atoms with Crippen molar-refractivity contribution in [1.82, 2.24) is 0 Å². The van der Waals surface area contributed by atoms with E-state index in [1.165, 1.54) is 54.6 Å². The molecule has 11 heteroatoms. The van der Waals surface area contributed by atoms with Crippen molar-refractivity contribution in [1.29, 1.82) is 0 Å². The Morgan fingerprint density at radius 3 is 2.00 bits per heavy atom. The molecule has 0 radical (unpaired) electrons. The van der Waals surface area contributed by atoms with Crippen LogP contribution in [-0.2, 0) is 23.2 Å². The van der Waals surface area contributed by atoms with Gasteiger partial charge in [-0.15, -0.1) is 0 Å². The third-order valence-corrected chi connectivity index (χ3v) is 6.07. The Labute approximate surface area is 203 Å². The lowest BCUT2D eigenvalue weighted by atomic mass is 9.79. The fourth-order valence-electron chi connectivity index (χ4n) is 3.57. The zero-order chi connectivity index (χ0) is 25.0. The number of nitrogens with zero attached hydrogens (tertiary/aromatic N) is 2. The Hall–Kier alpha value is -3.40. The van der Waals surface area contributed by atoms with Gasteiger partial charge in [-0.05, 0) is 41.3 Å². The van der Waals surface area contributed by atoms with Crippen molar-refractivity contribution in [2.45, 2.75) is 24.8 Å². The third-order valence-electron chi connectivity index (χ3n) is 5.41. The minimum Gasteiger partial charge on any atom is -0.315 e. The number of carbonyl (C=O) groups excluding carboxylic acids is 1. The van der Waals surface area contributed by atoms with Crippen LogP contribution >= 0.6 is 23.2 Å². The van der Waals surface area contributed by atoms with E-state index in [0.717, 1.165) is 6.07 Å². The monoisotopic (exact) mass is 505 g/mol. The minimum atomic E-state index is -1.68. The van der Waals surface area contributed by atoms with Crippen LogP contribution in [0.4, 0.5) is 15.8 Å². The Kier molecular flexibility index (Phi) is 7.61. The van der Waals surface area contributed by atoms with Crippen LogP contribution in [0.2, 0.25) is 10.0 Å². The van der Waals surface area contributed by atoms with Crippen molar-refractivity contribution in [2.75, 3.05) is 0 Å². The van der Waals surface area contributed by atoms with Crippen LogP contribution in [0.5, 0.6) is 0 Å². The molecule has 0 aromatic heterocycles. The van der Waals surface area contributed by atoms with Gasteiger partial charge >= 0.3 is 0 Å². The van der Waals surface area contributed by atoms with Gasteiger partial charge in [0.2, 0.25) is 0 Å². The highest BCUT2D eigenvalue weighted by Crippen LogP contribution is 2.34. The van der Waals surface area contributed by atoms with E-state index in [1.54, 1.807) is 0 Å². The summed E-state index contributed by atoms with van der Waals surface area (Å²) in [6.45, 7) is 0. The number of hydrogen-bond acceptors (Lipinski definition) is 6. The van der Waals surface area contributed by atoms with Crippen molar-refractivity contribution in [3.63, 3.8) is 0 Å². The summed E-state index contributed by atoms with van der Waals surface area (Å²) in [5.41, 5.74) is 5.74. The van der Waals surface area contributed by atoms with Gasteiger partial charge in [0.1, 0.15) is 11.4 Å². The lowest BCUT2D eigenvalue weighted by Gasteiger charge is -2.30. The highest BCUT2D eigenvalue weighted by molar-refractivity contribution is 6.32. The van der Waals surface area contributed by atoms with Gasteiger partial charge in [0.15, 0.2) is 5.78 Å². The summed E-state index contributed by atoms with van der Waals surface area (Å²) < 4.78 is 13.4. The van der Waals surface area contributed by atoms with E-state index >= 15 is 0 Å². The zero-order valence-corrected chi connectivity index (χ0v) is 19.1. The second kappa shape index (κ2) is 10.3. The van der Waals surface area contributed by atoms with Gasteiger partial charge in [0.25, 0.3) is 11.4 Å². The van der Waals surface area contributed by atoms with Gasteiger partial charge in [-0.25, -0.2) is 4.39 Å². The summed E-state index contributed by atoms with van der Waals surface area (Å²) in [5.74, 6) is -0.902. The molecule has 0 aliphatic carbocycles. The number of benzene rings is 3.